The van der Waals surface area contributed by atoms with Gasteiger partial charge in [-0.3, -0.25) is 19.3 Å². The molecule has 2 heterocycles. The van der Waals surface area contributed by atoms with E-state index < -0.39 is 24.1 Å². The fourth-order valence-electron chi connectivity index (χ4n) is 4.11. The van der Waals surface area contributed by atoms with Crippen molar-refractivity contribution < 1.29 is 23.9 Å². The summed E-state index contributed by atoms with van der Waals surface area (Å²) in [7, 11) is 3.11. The molecule has 0 bridgehead atoms. The fourth-order valence-corrected chi connectivity index (χ4v) is 4.11. The minimum Gasteiger partial charge on any atom is -0.452 e. The van der Waals surface area contributed by atoms with Gasteiger partial charge in [0.25, 0.3) is 11.8 Å². The van der Waals surface area contributed by atoms with E-state index in [0.717, 1.165) is 5.56 Å². The molecule has 0 aromatic heterocycles. The molecule has 8 heteroatoms. The summed E-state index contributed by atoms with van der Waals surface area (Å²) in [4.78, 5) is 56.0. The van der Waals surface area contributed by atoms with Gasteiger partial charge in [-0.25, -0.2) is 4.79 Å². The lowest BCUT2D eigenvalue weighted by Crippen LogP contribution is -2.68. The van der Waals surface area contributed by atoms with Crippen molar-refractivity contribution in [2.45, 2.75) is 25.0 Å². The van der Waals surface area contributed by atoms with Gasteiger partial charge in [-0.05, 0) is 17.7 Å². The molecule has 1 fully saturated rings. The molecular weight excluding hydrogens is 398 g/mol. The number of ether oxygens (including phenoxy) is 1. The number of likely N-dealkylation sites (N-methyl/N-ethyl adjacent to an activating group) is 1. The van der Waals surface area contributed by atoms with Crippen LogP contribution in [-0.4, -0.2) is 59.9 Å². The van der Waals surface area contributed by atoms with Crippen LogP contribution in [0.4, 0.5) is 5.69 Å². The standard InChI is InChI=1S/C23H23N3O5/c1-24(2)20(28)15-31-22(30)23-13-12-19(27)26(23)18-11-7-6-10-17(18)21(29)25(23)14-16-8-4-3-5-9-16/h3-11H,12-15H2,1-2H3/t23-/m0/s1. The van der Waals surface area contributed by atoms with E-state index in [1.807, 2.05) is 30.3 Å². The van der Waals surface area contributed by atoms with E-state index in [4.69, 9.17) is 4.74 Å². The monoisotopic (exact) mass is 421 g/mol. The fraction of sp³-hybridized carbons (Fsp3) is 0.304. The molecule has 0 N–H and O–H groups in total. The van der Waals surface area contributed by atoms with Crippen LogP contribution in [0.15, 0.2) is 54.6 Å². The molecule has 2 aliphatic heterocycles. The van der Waals surface area contributed by atoms with Crippen LogP contribution in [0, 0.1) is 0 Å². The summed E-state index contributed by atoms with van der Waals surface area (Å²) in [5, 5.41) is 0. The maximum Gasteiger partial charge on any atom is 0.354 e. The van der Waals surface area contributed by atoms with E-state index in [1.54, 1.807) is 38.4 Å². The number of hydrogen-bond acceptors (Lipinski definition) is 5. The van der Waals surface area contributed by atoms with Crippen molar-refractivity contribution in [2.24, 2.45) is 0 Å². The van der Waals surface area contributed by atoms with E-state index in [1.165, 1.54) is 14.7 Å². The molecule has 2 aromatic carbocycles. The van der Waals surface area contributed by atoms with Crippen LogP contribution < -0.4 is 4.90 Å². The smallest absolute Gasteiger partial charge is 0.354 e. The number of rotatable bonds is 5. The Kier molecular flexibility index (Phi) is 5.22. The van der Waals surface area contributed by atoms with Crippen molar-refractivity contribution in [1.29, 1.82) is 0 Å². The van der Waals surface area contributed by atoms with Gasteiger partial charge in [-0.1, -0.05) is 42.5 Å². The van der Waals surface area contributed by atoms with Gasteiger partial charge in [-0.15, -0.1) is 0 Å². The molecule has 1 atom stereocenters. The third-order valence-electron chi connectivity index (χ3n) is 5.71. The largest absolute Gasteiger partial charge is 0.452 e. The number of nitrogens with zero attached hydrogens (tertiary/aromatic N) is 3. The molecule has 2 aliphatic rings. The molecule has 4 rings (SSSR count). The minimum atomic E-state index is -1.63. The average molecular weight is 421 g/mol. The van der Waals surface area contributed by atoms with Crippen molar-refractivity contribution in [1.82, 2.24) is 9.80 Å². The summed E-state index contributed by atoms with van der Waals surface area (Å²) in [6.07, 6.45) is 0.178. The Hall–Kier alpha value is -3.68. The maximum absolute atomic E-state index is 13.5. The highest BCUT2D eigenvalue weighted by atomic mass is 16.5. The molecule has 0 unspecified atom stereocenters. The second kappa shape index (κ2) is 7.86. The van der Waals surface area contributed by atoms with Gasteiger partial charge < -0.3 is 14.5 Å². The summed E-state index contributed by atoms with van der Waals surface area (Å²) < 4.78 is 5.37. The number of carbonyl (C=O) groups is 4. The lowest BCUT2D eigenvalue weighted by molar-refractivity contribution is -0.161. The molecule has 0 spiro atoms. The van der Waals surface area contributed by atoms with Crippen LogP contribution in [-0.2, 0) is 25.7 Å². The SMILES string of the molecule is CN(C)C(=O)COC(=O)[C@]12CCC(=O)N1c1ccccc1C(=O)N2Cc1ccccc1. The first kappa shape index (κ1) is 20.6. The Morgan fingerprint density at radius 1 is 1.03 bits per heavy atom. The van der Waals surface area contributed by atoms with Crippen LogP contribution >= 0.6 is 0 Å². The van der Waals surface area contributed by atoms with Crippen LogP contribution in [0.25, 0.3) is 0 Å². The van der Waals surface area contributed by atoms with Gasteiger partial charge in [0, 0.05) is 33.5 Å². The lowest BCUT2D eigenvalue weighted by atomic mass is 9.95. The van der Waals surface area contributed by atoms with E-state index >= 15 is 0 Å². The zero-order valence-corrected chi connectivity index (χ0v) is 17.4. The van der Waals surface area contributed by atoms with Crippen LogP contribution in [0.3, 0.4) is 0 Å². The summed E-state index contributed by atoms with van der Waals surface area (Å²) in [5.74, 6) is -1.81. The van der Waals surface area contributed by atoms with Gasteiger partial charge in [0.15, 0.2) is 6.61 Å². The summed E-state index contributed by atoms with van der Waals surface area (Å²) in [6, 6.07) is 16.0. The van der Waals surface area contributed by atoms with Crippen LogP contribution in [0.1, 0.15) is 28.8 Å². The number of esters is 1. The second-order valence-electron chi connectivity index (χ2n) is 7.80. The Bertz CT molecular complexity index is 1050. The molecule has 160 valence electrons. The second-order valence-corrected chi connectivity index (χ2v) is 7.80. The highest BCUT2D eigenvalue weighted by Crippen LogP contribution is 2.45. The number of fused-ring (bicyclic) bond motifs is 3. The summed E-state index contributed by atoms with van der Waals surface area (Å²) in [5.41, 5.74) is -0.0898. The van der Waals surface area contributed by atoms with E-state index in [-0.39, 0.29) is 31.2 Å². The van der Waals surface area contributed by atoms with E-state index in [9.17, 15) is 19.2 Å². The first-order valence-corrected chi connectivity index (χ1v) is 10.0. The van der Waals surface area contributed by atoms with Crippen molar-refractivity contribution >= 4 is 29.4 Å². The van der Waals surface area contributed by atoms with Crippen molar-refractivity contribution in [3.05, 3.63) is 65.7 Å². The first-order chi connectivity index (χ1) is 14.9. The van der Waals surface area contributed by atoms with Crippen LogP contribution in [0.2, 0.25) is 0 Å². The molecular formula is C23H23N3O5. The highest BCUT2D eigenvalue weighted by molar-refractivity contribution is 6.15. The summed E-state index contributed by atoms with van der Waals surface area (Å²) >= 11 is 0. The Balaban J connectivity index is 1.80. The predicted molar refractivity (Wildman–Crippen MR) is 112 cm³/mol. The zero-order chi connectivity index (χ0) is 22.2. The van der Waals surface area contributed by atoms with Crippen molar-refractivity contribution in [3.63, 3.8) is 0 Å². The Morgan fingerprint density at radius 3 is 2.42 bits per heavy atom. The number of anilines is 1. The number of hydrogen-bond donors (Lipinski definition) is 0. The number of amides is 3. The minimum absolute atomic E-state index is 0.0869. The quantitative estimate of drug-likeness (QED) is 0.687. The number of benzene rings is 2. The molecule has 1 saturated heterocycles. The van der Waals surface area contributed by atoms with E-state index in [2.05, 4.69) is 0 Å². The molecule has 0 aliphatic carbocycles. The predicted octanol–water partition coefficient (Wildman–Crippen LogP) is 1.80. The third kappa shape index (κ3) is 3.34. The number of carbonyl (C=O) groups excluding carboxylic acids is 4. The van der Waals surface area contributed by atoms with E-state index in [0.29, 0.717) is 11.3 Å². The molecule has 2 aromatic rings. The Labute approximate surface area is 180 Å². The molecule has 0 radical (unpaired) electrons. The maximum atomic E-state index is 13.5. The van der Waals surface area contributed by atoms with Gasteiger partial charge in [0.05, 0.1) is 11.3 Å². The van der Waals surface area contributed by atoms with Gasteiger partial charge in [0.1, 0.15) is 0 Å². The van der Waals surface area contributed by atoms with Gasteiger partial charge in [0.2, 0.25) is 11.6 Å². The van der Waals surface area contributed by atoms with Gasteiger partial charge in [-0.2, -0.15) is 0 Å². The Morgan fingerprint density at radius 2 is 1.71 bits per heavy atom. The van der Waals surface area contributed by atoms with Gasteiger partial charge >= 0.3 is 5.97 Å². The third-order valence-corrected chi connectivity index (χ3v) is 5.71. The topological polar surface area (TPSA) is 87.2 Å². The van der Waals surface area contributed by atoms with Crippen molar-refractivity contribution in [2.75, 3.05) is 25.6 Å². The lowest BCUT2D eigenvalue weighted by Gasteiger charge is -2.48. The van der Waals surface area contributed by atoms with Crippen molar-refractivity contribution in [3.8, 4) is 0 Å². The molecule has 8 nitrogen and oxygen atoms in total. The molecule has 0 saturated carbocycles. The highest BCUT2D eigenvalue weighted by Gasteiger charge is 2.62. The normalized spacial score (nSPS) is 19.7. The summed E-state index contributed by atoms with van der Waals surface area (Å²) in [6.45, 7) is -0.348. The zero-order valence-electron chi connectivity index (χ0n) is 17.4. The average Bonchev–Trinajstić information content (AvgIpc) is 3.13. The first-order valence-electron chi connectivity index (χ1n) is 10.0. The number of para-hydroxylation sites is 1. The van der Waals surface area contributed by atoms with Crippen LogP contribution in [0.5, 0.6) is 0 Å². The molecule has 31 heavy (non-hydrogen) atoms. The molecule has 3 amide bonds.